The van der Waals surface area contributed by atoms with E-state index < -0.39 is 0 Å². The third-order valence-corrected chi connectivity index (χ3v) is 2.74. The molecule has 0 saturated carbocycles. The fourth-order valence-corrected chi connectivity index (χ4v) is 1.76. The lowest BCUT2D eigenvalue weighted by atomic mass is 10.2. The van der Waals surface area contributed by atoms with Crippen LogP contribution in [-0.4, -0.2) is 21.1 Å². The Morgan fingerprint density at radius 2 is 2.33 bits per heavy atom. The van der Waals surface area contributed by atoms with E-state index in [9.17, 15) is 4.79 Å². The highest BCUT2D eigenvalue weighted by Gasteiger charge is 2.15. The summed E-state index contributed by atoms with van der Waals surface area (Å²) in [6.07, 6.45) is 1.38. The Labute approximate surface area is 109 Å². The number of aromatic nitrogens is 3. The minimum atomic E-state index is -0.288. The van der Waals surface area contributed by atoms with Crippen LogP contribution in [-0.2, 0) is 0 Å². The Hall–Kier alpha value is -2.08. The number of nitrogen functional groups attached to an aromatic ring is 1. The van der Waals surface area contributed by atoms with Crippen LogP contribution in [0.5, 0.6) is 0 Å². The molecule has 1 aromatic carbocycles. The second kappa shape index (κ2) is 5.05. The second-order valence-electron chi connectivity index (χ2n) is 3.81. The van der Waals surface area contributed by atoms with Gasteiger partial charge in [-0.25, -0.2) is 4.98 Å². The van der Waals surface area contributed by atoms with Gasteiger partial charge in [0.2, 0.25) is 0 Å². The highest BCUT2D eigenvalue weighted by Crippen LogP contribution is 2.19. The molecule has 0 fully saturated rings. The van der Waals surface area contributed by atoms with Gasteiger partial charge in [0.1, 0.15) is 12.2 Å². The molecule has 0 aliphatic carbocycles. The number of hydrogen-bond donors (Lipinski definition) is 3. The van der Waals surface area contributed by atoms with Crippen molar-refractivity contribution in [3.05, 3.63) is 40.9 Å². The molecule has 0 aliphatic rings. The summed E-state index contributed by atoms with van der Waals surface area (Å²) in [6.45, 7) is 1.80. The number of anilines is 1. The van der Waals surface area contributed by atoms with Crippen molar-refractivity contribution in [3.63, 3.8) is 0 Å². The summed E-state index contributed by atoms with van der Waals surface area (Å²) in [5.41, 5.74) is 6.45. The Morgan fingerprint density at radius 1 is 1.56 bits per heavy atom. The third-order valence-electron chi connectivity index (χ3n) is 2.43. The van der Waals surface area contributed by atoms with Crippen molar-refractivity contribution in [3.8, 4) is 0 Å². The molecule has 1 heterocycles. The van der Waals surface area contributed by atoms with Gasteiger partial charge in [0.25, 0.3) is 5.91 Å². The molecule has 0 spiro atoms. The highest BCUT2D eigenvalue weighted by molar-refractivity contribution is 6.34. The number of halogens is 1. The van der Waals surface area contributed by atoms with Crippen molar-refractivity contribution in [2.24, 2.45) is 0 Å². The molecule has 6 nitrogen and oxygen atoms in total. The maximum absolute atomic E-state index is 12.0. The maximum atomic E-state index is 12.0. The van der Waals surface area contributed by atoms with Crippen LogP contribution in [0, 0.1) is 0 Å². The van der Waals surface area contributed by atoms with Crippen LogP contribution in [0.1, 0.15) is 29.1 Å². The summed E-state index contributed by atoms with van der Waals surface area (Å²) in [6, 6.07) is 4.46. The number of benzene rings is 1. The Kier molecular flexibility index (Phi) is 3.47. The largest absolute Gasteiger partial charge is 0.399 e. The van der Waals surface area contributed by atoms with Gasteiger partial charge >= 0.3 is 0 Å². The molecule has 7 heteroatoms. The van der Waals surface area contributed by atoms with E-state index in [2.05, 4.69) is 20.5 Å². The molecule has 1 aromatic heterocycles. The number of carbonyl (C=O) groups excluding carboxylic acids is 1. The van der Waals surface area contributed by atoms with Crippen molar-refractivity contribution in [1.29, 1.82) is 0 Å². The Bertz CT molecular complexity index is 555. The molecule has 2 aromatic rings. The summed E-state index contributed by atoms with van der Waals surface area (Å²) in [7, 11) is 0. The summed E-state index contributed by atoms with van der Waals surface area (Å²) in [5.74, 6) is 0.291. The van der Waals surface area contributed by atoms with E-state index in [0.29, 0.717) is 22.1 Å². The number of aromatic amines is 1. The van der Waals surface area contributed by atoms with Gasteiger partial charge < -0.3 is 11.1 Å². The fourth-order valence-electron chi connectivity index (χ4n) is 1.48. The van der Waals surface area contributed by atoms with Crippen molar-refractivity contribution < 1.29 is 4.79 Å². The predicted molar refractivity (Wildman–Crippen MR) is 68.1 cm³/mol. The van der Waals surface area contributed by atoms with Gasteiger partial charge in [-0.3, -0.25) is 9.89 Å². The van der Waals surface area contributed by atoms with Gasteiger partial charge in [0.05, 0.1) is 16.6 Å². The van der Waals surface area contributed by atoms with Crippen LogP contribution in [0.3, 0.4) is 0 Å². The molecule has 18 heavy (non-hydrogen) atoms. The normalized spacial score (nSPS) is 12.1. The monoisotopic (exact) mass is 265 g/mol. The lowest BCUT2D eigenvalue weighted by molar-refractivity contribution is 0.0938. The average Bonchev–Trinajstić information content (AvgIpc) is 2.81. The number of nitrogens with zero attached hydrogens (tertiary/aromatic N) is 2. The minimum absolute atomic E-state index is 0.284. The molecule has 0 radical (unpaired) electrons. The van der Waals surface area contributed by atoms with Crippen molar-refractivity contribution in [2.75, 3.05) is 5.73 Å². The van der Waals surface area contributed by atoms with Gasteiger partial charge in [-0.05, 0) is 25.1 Å². The second-order valence-corrected chi connectivity index (χ2v) is 4.21. The van der Waals surface area contributed by atoms with Crippen LogP contribution in [0.25, 0.3) is 0 Å². The van der Waals surface area contributed by atoms with Crippen molar-refractivity contribution in [1.82, 2.24) is 20.5 Å². The van der Waals surface area contributed by atoms with Gasteiger partial charge in [0, 0.05) is 5.69 Å². The number of hydrogen-bond acceptors (Lipinski definition) is 4. The lowest BCUT2D eigenvalue weighted by Crippen LogP contribution is -2.27. The average molecular weight is 266 g/mol. The Balaban J connectivity index is 2.12. The molecule has 2 rings (SSSR count). The zero-order valence-electron chi connectivity index (χ0n) is 9.64. The van der Waals surface area contributed by atoms with E-state index >= 15 is 0 Å². The molecule has 94 valence electrons. The van der Waals surface area contributed by atoms with Gasteiger partial charge in [-0.1, -0.05) is 11.6 Å². The van der Waals surface area contributed by atoms with E-state index in [1.54, 1.807) is 19.1 Å². The van der Waals surface area contributed by atoms with Crippen LogP contribution in [0.4, 0.5) is 5.69 Å². The van der Waals surface area contributed by atoms with Gasteiger partial charge in [-0.15, -0.1) is 0 Å². The summed E-state index contributed by atoms with van der Waals surface area (Å²) in [5, 5.41) is 9.49. The lowest BCUT2D eigenvalue weighted by Gasteiger charge is -2.12. The SMILES string of the molecule is CC(NC(=O)c1ccc(N)cc1Cl)c1ncn[nH]1. The number of rotatable bonds is 3. The van der Waals surface area contributed by atoms with Crippen LogP contribution in [0.2, 0.25) is 5.02 Å². The van der Waals surface area contributed by atoms with Gasteiger partial charge in [-0.2, -0.15) is 5.10 Å². The maximum Gasteiger partial charge on any atom is 0.253 e. The van der Waals surface area contributed by atoms with Crippen LogP contribution in [0.15, 0.2) is 24.5 Å². The number of H-pyrrole nitrogens is 1. The van der Waals surface area contributed by atoms with Crippen LogP contribution < -0.4 is 11.1 Å². The smallest absolute Gasteiger partial charge is 0.253 e. The van der Waals surface area contributed by atoms with Gasteiger partial charge in [0.15, 0.2) is 0 Å². The molecule has 0 bridgehead atoms. The zero-order chi connectivity index (χ0) is 13.1. The van der Waals surface area contributed by atoms with Crippen LogP contribution >= 0.6 is 11.6 Å². The molecular weight excluding hydrogens is 254 g/mol. The Morgan fingerprint density at radius 3 is 2.94 bits per heavy atom. The van der Waals surface area contributed by atoms with Crippen molar-refractivity contribution >= 4 is 23.2 Å². The molecule has 1 amide bonds. The first-order chi connectivity index (χ1) is 8.58. The number of carbonyl (C=O) groups is 1. The minimum Gasteiger partial charge on any atom is -0.399 e. The summed E-state index contributed by atoms with van der Waals surface area (Å²) in [4.78, 5) is 15.9. The molecule has 1 unspecified atom stereocenters. The molecular formula is C11H12ClN5O. The number of nitrogens with one attached hydrogen (secondary N) is 2. The first kappa shape index (κ1) is 12.4. The molecule has 1 atom stereocenters. The third kappa shape index (κ3) is 2.60. The predicted octanol–water partition coefficient (Wildman–Crippen LogP) is 1.53. The zero-order valence-corrected chi connectivity index (χ0v) is 10.4. The summed E-state index contributed by atoms with van der Waals surface area (Å²) < 4.78 is 0. The number of amides is 1. The molecule has 0 aliphatic heterocycles. The first-order valence-electron chi connectivity index (χ1n) is 5.29. The highest BCUT2D eigenvalue weighted by atomic mass is 35.5. The summed E-state index contributed by atoms with van der Waals surface area (Å²) >= 11 is 5.96. The number of nitrogens with two attached hydrogens (primary N) is 1. The quantitative estimate of drug-likeness (QED) is 0.733. The first-order valence-corrected chi connectivity index (χ1v) is 5.67. The van der Waals surface area contributed by atoms with E-state index in [4.69, 9.17) is 17.3 Å². The molecule has 0 saturated heterocycles. The van der Waals surface area contributed by atoms with E-state index in [0.717, 1.165) is 0 Å². The fraction of sp³-hybridized carbons (Fsp3) is 0.182. The van der Waals surface area contributed by atoms with E-state index in [1.165, 1.54) is 12.4 Å². The van der Waals surface area contributed by atoms with E-state index in [-0.39, 0.29) is 11.9 Å². The van der Waals surface area contributed by atoms with Crippen molar-refractivity contribution in [2.45, 2.75) is 13.0 Å². The standard InChI is InChI=1S/C11H12ClN5O/c1-6(10-14-5-15-17-10)16-11(18)8-3-2-7(13)4-9(8)12/h2-6H,13H2,1H3,(H,16,18)(H,14,15,17). The van der Waals surface area contributed by atoms with E-state index in [1.807, 2.05) is 0 Å². The molecule has 4 N–H and O–H groups in total. The topological polar surface area (TPSA) is 96.7 Å².